The van der Waals surface area contributed by atoms with Crippen molar-refractivity contribution in [3.63, 3.8) is 0 Å². The van der Waals surface area contributed by atoms with Crippen LogP contribution < -0.4 is 5.73 Å². The predicted octanol–water partition coefficient (Wildman–Crippen LogP) is 0.770. The van der Waals surface area contributed by atoms with Crippen molar-refractivity contribution in [2.24, 2.45) is 5.73 Å². The van der Waals surface area contributed by atoms with E-state index in [1.54, 1.807) is 17.1 Å². The van der Waals surface area contributed by atoms with Crippen LogP contribution in [-0.4, -0.2) is 37.1 Å². The molecule has 0 radical (unpaired) electrons. The summed E-state index contributed by atoms with van der Waals surface area (Å²) >= 11 is 0. The number of benzene rings is 1. The molecule has 0 spiro atoms. The molecule has 0 saturated heterocycles. The van der Waals surface area contributed by atoms with Gasteiger partial charge >= 0.3 is 5.97 Å². The Balaban J connectivity index is 1.97. The fourth-order valence-electron chi connectivity index (χ4n) is 2.10. The molecule has 0 amide bonds. The van der Waals surface area contributed by atoms with Gasteiger partial charge in [-0.05, 0) is 12.1 Å². The average Bonchev–Trinajstić information content (AvgIpc) is 2.95. The molecule has 1 atom stereocenters. The maximum atomic E-state index is 10.8. The number of nitrogens with two attached hydrogens (primary N) is 1. The van der Waals surface area contributed by atoms with E-state index in [1.165, 1.54) is 0 Å². The zero-order valence-electron chi connectivity index (χ0n) is 11.0. The summed E-state index contributed by atoms with van der Waals surface area (Å²) in [5, 5.41) is 17.8. The molecule has 0 aliphatic heterocycles. The van der Waals surface area contributed by atoms with E-state index < -0.39 is 12.0 Å². The molecule has 1 aromatic carbocycles. The van der Waals surface area contributed by atoms with Crippen LogP contribution in [0.1, 0.15) is 5.69 Å². The second kappa shape index (κ2) is 5.29. The first-order valence-electron chi connectivity index (χ1n) is 6.39. The number of carboxylic acid groups (broad SMARTS) is 1. The van der Waals surface area contributed by atoms with Gasteiger partial charge in [-0.25, -0.2) is 4.68 Å². The molecule has 0 fully saturated rings. The van der Waals surface area contributed by atoms with Crippen LogP contribution in [0.3, 0.4) is 0 Å². The summed E-state index contributed by atoms with van der Waals surface area (Å²) in [5.74, 6) is -1.06. The molecule has 2 heterocycles. The number of pyridine rings is 1. The first-order valence-corrected chi connectivity index (χ1v) is 6.39. The minimum absolute atomic E-state index is 0.137. The van der Waals surface area contributed by atoms with Crippen molar-refractivity contribution in [2.45, 2.75) is 12.5 Å². The second-order valence-electron chi connectivity index (χ2n) is 4.65. The Morgan fingerprint density at radius 1 is 1.33 bits per heavy atom. The number of carbonyl (C=O) groups is 1. The first kappa shape index (κ1) is 13.2. The zero-order chi connectivity index (χ0) is 14.8. The number of rotatable bonds is 4. The molecule has 106 valence electrons. The van der Waals surface area contributed by atoms with E-state index in [-0.39, 0.29) is 6.42 Å². The minimum atomic E-state index is -1.06. The van der Waals surface area contributed by atoms with Gasteiger partial charge in [-0.3, -0.25) is 9.78 Å². The van der Waals surface area contributed by atoms with Gasteiger partial charge in [0.05, 0.1) is 23.1 Å². The highest BCUT2D eigenvalue weighted by molar-refractivity contribution is 5.86. The number of aliphatic carboxylic acids is 1. The van der Waals surface area contributed by atoms with Gasteiger partial charge in [-0.15, -0.1) is 5.10 Å². The van der Waals surface area contributed by atoms with Crippen molar-refractivity contribution in [2.75, 3.05) is 0 Å². The molecule has 3 N–H and O–H groups in total. The van der Waals surface area contributed by atoms with E-state index in [2.05, 4.69) is 15.3 Å². The Labute approximate surface area is 120 Å². The van der Waals surface area contributed by atoms with Crippen LogP contribution in [0.15, 0.2) is 42.7 Å². The zero-order valence-corrected chi connectivity index (χ0v) is 11.0. The van der Waals surface area contributed by atoms with E-state index in [0.29, 0.717) is 5.69 Å². The lowest BCUT2D eigenvalue weighted by atomic mass is 10.2. The van der Waals surface area contributed by atoms with Crippen molar-refractivity contribution >= 4 is 16.9 Å². The van der Waals surface area contributed by atoms with Crippen LogP contribution in [0.5, 0.6) is 0 Å². The normalized spacial score (nSPS) is 12.4. The smallest absolute Gasteiger partial charge is 0.320 e. The van der Waals surface area contributed by atoms with Gasteiger partial charge in [-0.1, -0.05) is 23.4 Å². The van der Waals surface area contributed by atoms with Crippen molar-refractivity contribution in [3.05, 3.63) is 48.4 Å². The Kier molecular flexibility index (Phi) is 3.33. The molecule has 0 bridgehead atoms. The molecule has 2 aromatic heterocycles. The molecule has 7 nitrogen and oxygen atoms in total. The van der Waals surface area contributed by atoms with Crippen LogP contribution in [0.25, 0.3) is 16.6 Å². The van der Waals surface area contributed by atoms with Crippen molar-refractivity contribution in [3.8, 4) is 5.69 Å². The molecule has 21 heavy (non-hydrogen) atoms. The van der Waals surface area contributed by atoms with Crippen molar-refractivity contribution < 1.29 is 9.90 Å². The highest BCUT2D eigenvalue weighted by Crippen LogP contribution is 2.19. The Bertz CT molecular complexity index is 793. The van der Waals surface area contributed by atoms with Crippen LogP contribution in [-0.2, 0) is 11.2 Å². The van der Waals surface area contributed by atoms with E-state index in [9.17, 15) is 4.79 Å². The van der Waals surface area contributed by atoms with Crippen molar-refractivity contribution in [1.29, 1.82) is 0 Å². The number of hydrogen-bond acceptors (Lipinski definition) is 5. The summed E-state index contributed by atoms with van der Waals surface area (Å²) in [6.07, 6.45) is 3.52. The SMILES string of the molecule is N[C@@H](Cc1cn(-c2ccnc3ccccc23)nn1)C(=O)O. The summed E-state index contributed by atoms with van der Waals surface area (Å²) in [6, 6.07) is 8.55. The molecule has 7 heteroatoms. The largest absolute Gasteiger partial charge is 0.480 e. The lowest BCUT2D eigenvalue weighted by molar-refractivity contribution is -0.138. The number of fused-ring (bicyclic) bond motifs is 1. The monoisotopic (exact) mass is 283 g/mol. The number of hydrogen-bond donors (Lipinski definition) is 2. The summed E-state index contributed by atoms with van der Waals surface area (Å²) in [6.45, 7) is 0. The maximum absolute atomic E-state index is 10.8. The molecule has 0 aliphatic rings. The number of aromatic nitrogens is 4. The number of carboxylic acids is 1. The van der Waals surface area contributed by atoms with Crippen molar-refractivity contribution in [1.82, 2.24) is 20.0 Å². The van der Waals surface area contributed by atoms with Crippen LogP contribution in [0.2, 0.25) is 0 Å². The van der Waals surface area contributed by atoms with Crippen LogP contribution in [0, 0.1) is 0 Å². The molecule has 0 aliphatic carbocycles. The van der Waals surface area contributed by atoms with E-state index >= 15 is 0 Å². The summed E-state index contributed by atoms with van der Waals surface area (Å²) in [4.78, 5) is 15.1. The summed E-state index contributed by atoms with van der Waals surface area (Å²) in [7, 11) is 0. The average molecular weight is 283 g/mol. The Morgan fingerprint density at radius 2 is 2.14 bits per heavy atom. The van der Waals surface area contributed by atoms with Crippen LogP contribution in [0.4, 0.5) is 0 Å². The molecular formula is C14H13N5O2. The molecular weight excluding hydrogens is 270 g/mol. The predicted molar refractivity (Wildman–Crippen MR) is 76.0 cm³/mol. The summed E-state index contributed by atoms with van der Waals surface area (Å²) < 4.78 is 1.61. The first-order chi connectivity index (χ1) is 10.1. The van der Waals surface area contributed by atoms with E-state index in [4.69, 9.17) is 10.8 Å². The number of para-hydroxylation sites is 1. The molecule has 3 aromatic rings. The standard InChI is InChI=1S/C14H13N5O2/c15-11(14(20)21)7-9-8-19(18-17-9)13-5-6-16-12-4-2-1-3-10(12)13/h1-6,8,11H,7,15H2,(H,20,21)/t11-/m0/s1. The Morgan fingerprint density at radius 3 is 2.95 bits per heavy atom. The fourth-order valence-corrected chi connectivity index (χ4v) is 2.10. The lowest BCUT2D eigenvalue weighted by Gasteiger charge is -2.04. The quantitative estimate of drug-likeness (QED) is 0.732. The van der Waals surface area contributed by atoms with Gasteiger partial charge in [0.1, 0.15) is 6.04 Å². The molecule has 3 rings (SSSR count). The van der Waals surface area contributed by atoms with Crippen LogP contribution >= 0.6 is 0 Å². The summed E-state index contributed by atoms with van der Waals surface area (Å²) in [5.41, 5.74) is 7.73. The topological polar surface area (TPSA) is 107 Å². The van der Waals surface area contributed by atoms with Gasteiger partial charge in [0, 0.05) is 18.0 Å². The fraction of sp³-hybridized carbons (Fsp3) is 0.143. The van der Waals surface area contributed by atoms with E-state index in [0.717, 1.165) is 16.6 Å². The lowest BCUT2D eigenvalue weighted by Crippen LogP contribution is -2.32. The maximum Gasteiger partial charge on any atom is 0.320 e. The van der Waals surface area contributed by atoms with Gasteiger partial charge in [-0.2, -0.15) is 0 Å². The minimum Gasteiger partial charge on any atom is -0.480 e. The number of nitrogens with zero attached hydrogens (tertiary/aromatic N) is 4. The Hall–Kier alpha value is -2.80. The third-order valence-corrected chi connectivity index (χ3v) is 3.16. The molecule has 0 saturated carbocycles. The highest BCUT2D eigenvalue weighted by Gasteiger charge is 2.15. The van der Waals surface area contributed by atoms with E-state index in [1.807, 2.05) is 30.3 Å². The van der Waals surface area contributed by atoms with Gasteiger partial charge in [0.15, 0.2) is 0 Å². The second-order valence-corrected chi connectivity index (χ2v) is 4.65. The van der Waals surface area contributed by atoms with Gasteiger partial charge < -0.3 is 10.8 Å². The third kappa shape index (κ3) is 2.59. The highest BCUT2D eigenvalue weighted by atomic mass is 16.4. The third-order valence-electron chi connectivity index (χ3n) is 3.16. The molecule has 0 unspecified atom stereocenters. The van der Waals surface area contributed by atoms with Gasteiger partial charge in [0.2, 0.25) is 0 Å². The van der Waals surface area contributed by atoms with Gasteiger partial charge in [0.25, 0.3) is 0 Å².